The Hall–Kier alpha value is -1.41. The lowest BCUT2D eigenvalue weighted by Crippen LogP contribution is -2.36. The van der Waals surface area contributed by atoms with Crippen molar-refractivity contribution in [3.63, 3.8) is 0 Å². The highest BCUT2D eigenvalue weighted by Gasteiger charge is 2.72. The lowest BCUT2D eigenvalue weighted by atomic mass is 9.91. The van der Waals surface area contributed by atoms with Crippen LogP contribution in [0.15, 0.2) is 16.6 Å². The van der Waals surface area contributed by atoms with Gasteiger partial charge in [0.2, 0.25) is 5.91 Å². The van der Waals surface area contributed by atoms with Gasteiger partial charge >= 0.3 is 0 Å². The fourth-order valence-electron chi connectivity index (χ4n) is 4.71. The van der Waals surface area contributed by atoms with Gasteiger partial charge in [-0.15, -0.1) is 0 Å². The molecule has 0 radical (unpaired) electrons. The normalized spacial score (nSPS) is 30.0. The molecule has 3 aliphatic carbocycles. The van der Waals surface area contributed by atoms with Gasteiger partial charge < -0.3 is 5.32 Å². The van der Waals surface area contributed by atoms with E-state index in [2.05, 4.69) is 27.3 Å². The molecule has 3 aliphatic rings. The molecule has 2 unspecified atom stereocenters. The first kappa shape index (κ1) is 15.1. The van der Waals surface area contributed by atoms with Crippen molar-refractivity contribution >= 4 is 21.8 Å². The molecule has 0 aliphatic heterocycles. The standard InChI is InChI=1S/C18H18BrFN2O/c19-15-12-4-6-14(11(12)3-5-13(15)20)22-16(23)18(10-21)9-17(18)7-1-2-8-17/h3,5,14H,1-2,4,6-9H2,(H,22,23). The van der Waals surface area contributed by atoms with E-state index in [1.165, 1.54) is 6.07 Å². The minimum absolute atomic E-state index is 0.0728. The quantitative estimate of drug-likeness (QED) is 0.841. The molecule has 2 fully saturated rings. The van der Waals surface area contributed by atoms with Crippen molar-refractivity contribution in [2.45, 2.75) is 51.0 Å². The molecule has 5 heteroatoms. The highest BCUT2D eigenvalue weighted by molar-refractivity contribution is 9.10. The van der Waals surface area contributed by atoms with E-state index in [-0.39, 0.29) is 23.2 Å². The van der Waals surface area contributed by atoms with Gasteiger partial charge in [0.05, 0.1) is 16.6 Å². The molecule has 1 amide bonds. The molecule has 2 atom stereocenters. The molecule has 3 nitrogen and oxygen atoms in total. The zero-order valence-electron chi connectivity index (χ0n) is 12.8. The lowest BCUT2D eigenvalue weighted by molar-refractivity contribution is -0.126. The second-order valence-electron chi connectivity index (χ2n) is 7.18. The maximum atomic E-state index is 13.6. The van der Waals surface area contributed by atoms with Crippen LogP contribution in [-0.4, -0.2) is 5.91 Å². The number of halogens is 2. The van der Waals surface area contributed by atoms with Gasteiger partial charge in [0.15, 0.2) is 0 Å². The molecule has 1 N–H and O–H groups in total. The summed E-state index contributed by atoms with van der Waals surface area (Å²) >= 11 is 3.30. The van der Waals surface area contributed by atoms with Crippen molar-refractivity contribution in [1.82, 2.24) is 5.32 Å². The second kappa shape index (κ2) is 5.04. The van der Waals surface area contributed by atoms with Gasteiger partial charge in [-0.05, 0) is 65.2 Å². The minimum Gasteiger partial charge on any atom is -0.348 e. The maximum Gasteiger partial charge on any atom is 0.241 e. The molecular weight excluding hydrogens is 359 g/mol. The van der Waals surface area contributed by atoms with Gasteiger partial charge in [0, 0.05) is 5.41 Å². The van der Waals surface area contributed by atoms with E-state index >= 15 is 0 Å². The first-order valence-electron chi connectivity index (χ1n) is 8.22. The van der Waals surface area contributed by atoms with E-state index in [0.717, 1.165) is 49.7 Å². The monoisotopic (exact) mass is 376 g/mol. The SMILES string of the molecule is N#CC1(C(=O)NC2CCc3c2ccc(F)c3Br)CC12CCCC2. The third kappa shape index (κ3) is 2.00. The minimum atomic E-state index is -0.830. The number of nitriles is 1. The summed E-state index contributed by atoms with van der Waals surface area (Å²) in [7, 11) is 0. The predicted octanol–water partition coefficient (Wildman–Crippen LogP) is 4.17. The Morgan fingerprint density at radius 2 is 2.13 bits per heavy atom. The Morgan fingerprint density at radius 3 is 2.83 bits per heavy atom. The molecule has 1 aromatic rings. The number of nitrogens with zero attached hydrogens (tertiary/aromatic N) is 1. The number of benzene rings is 1. The summed E-state index contributed by atoms with van der Waals surface area (Å²) in [5, 5.41) is 12.7. The zero-order valence-corrected chi connectivity index (χ0v) is 14.4. The molecule has 2 saturated carbocycles. The number of carbonyl (C=O) groups excluding carboxylic acids is 1. The van der Waals surface area contributed by atoms with Crippen molar-refractivity contribution in [3.05, 3.63) is 33.5 Å². The number of hydrogen-bond acceptors (Lipinski definition) is 2. The van der Waals surface area contributed by atoms with Gasteiger partial charge in [-0.2, -0.15) is 5.26 Å². The van der Waals surface area contributed by atoms with E-state index in [0.29, 0.717) is 10.9 Å². The van der Waals surface area contributed by atoms with Gasteiger partial charge in [-0.3, -0.25) is 4.79 Å². The van der Waals surface area contributed by atoms with E-state index in [4.69, 9.17) is 0 Å². The van der Waals surface area contributed by atoms with Crippen LogP contribution >= 0.6 is 15.9 Å². The highest BCUT2D eigenvalue weighted by Crippen LogP contribution is 2.71. The van der Waals surface area contributed by atoms with Crippen LogP contribution in [0.2, 0.25) is 0 Å². The summed E-state index contributed by atoms with van der Waals surface area (Å²) in [6.07, 6.45) is 6.43. The van der Waals surface area contributed by atoms with Crippen LogP contribution in [0.4, 0.5) is 4.39 Å². The molecule has 1 aromatic carbocycles. The van der Waals surface area contributed by atoms with Crippen molar-refractivity contribution in [3.8, 4) is 6.07 Å². The van der Waals surface area contributed by atoms with Gasteiger partial charge in [0.25, 0.3) is 0 Å². The lowest BCUT2D eigenvalue weighted by Gasteiger charge is -2.19. The fraction of sp³-hybridized carbons (Fsp3) is 0.556. The average molecular weight is 377 g/mol. The molecule has 23 heavy (non-hydrogen) atoms. The van der Waals surface area contributed by atoms with E-state index in [1.54, 1.807) is 6.07 Å². The number of nitrogens with one attached hydrogen (secondary N) is 1. The number of carbonyl (C=O) groups is 1. The van der Waals surface area contributed by atoms with Gasteiger partial charge in [-0.25, -0.2) is 4.39 Å². The predicted molar refractivity (Wildman–Crippen MR) is 86.9 cm³/mol. The van der Waals surface area contributed by atoms with E-state index in [9.17, 15) is 14.4 Å². The summed E-state index contributed by atoms with van der Waals surface area (Å²) in [6.45, 7) is 0. The first-order chi connectivity index (χ1) is 11.0. The van der Waals surface area contributed by atoms with E-state index < -0.39 is 5.41 Å². The zero-order chi connectivity index (χ0) is 16.2. The Morgan fingerprint density at radius 1 is 1.39 bits per heavy atom. The van der Waals surface area contributed by atoms with Gasteiger partial charge in [0.1, 0.15) is 11.2 Å². The number of hydrogen-bond donors (Lipinski definition) is 1. The number of rotatable bonds is 2. The van der Waals surface area contributed by atoms with Crippen LogP contribution in [0.5, 0.6) is 0 Å². The smallest absolute Gasteiger partial charge is 0.241 e. The van der Waals surface area contributed by atoms with Crippen molar-refractivity contribution in [2.75, 3.05) is 0 Å². The van der Waals surface area contributed by atoms with Crippen LogP contribution in [0.25, 0.3) is 0 Å². The van der Waals surface area contributed by atoms with E-state index in [1.807, 2.05) is 0 Å². The van der Waals surface area contributed by atoms with Crippen LogP contribution in [0.3, 0.4) is 0 Å². The summed E-state index contributed by atoms with van der Waals surface area (Å²) in [5.41, 5.74) is 1.01. The third-order valence-corrected chi connectivity index (χ3v) is 6.98. The summed E-state index contributed by atoms with van der Waals surface area (Å²) in [5.74, 6) is -0.392. The first-order valence-corrected chi connectivity index (χ1v) is 9.01. The molecule has 0 heterocycles. The number of fused-ring (bicyclic) bond motifs is 1. The summed E-state index contributed by atoms with van der Waals surface area (Å²) < 4.78 is 14.1. The van der Waals surface area contributed by atoms with Crippen molar-refractivity contribution in [1.29, 1.82) is 5.26 Å². The average Bonchev–Trinajstić information content (AvgIpc) is 2.84. The molecule has 120 valence electrons. The molecule has 0 aromatic heterocycles. The summed E-state index contributed by atoms with van der Waals surface area (Å²) in [6, 6.07) is 5.40. The number of amides is 1. The second-order valence-corrected chi connectivity index (χ2v) is 7.97. The largest absolute Gasteiger partial charge is 0.348 e. The van der Waals surface area contributed by atoms with Crippen molar-refractivity contribution in [2.24, 2.45) is 10.8 Å². The molecule has 4 rings (SSSR count). The molecular formula is C18H18BrFN2O. The van der Waals surface area contributed by atoms with Gasteiger partial charge in [-0.1, -0.05) is 18.9 Å². The van der Waals surface area contributed by atoms with Crippen LogP contribution < -0.4 is 5.32 Å². The summed E-state index contributed by atoms with van der Waals surface area (Å²) in [4.78, 5) is 12.8. The molecule has 0 saturated heterocycles. The molecule has 1 spiro atoms. The topological polar surface area (TPSA) is 52.9 Å². The Bertz CT molecular complexity index is 735. The van der Waals surface area contributed by atoms with Crippen LogP contribution in [-0.2, 0) is 11.2 Å². The Labute approximate surface area is 143 Å². The molecule has 0 bridgehead atoms. The van der Waals surface area contributed by atoms with Crippen LogP contribution in [0, 0.1) is 28.0 Å². The Balaban J connectivity index is 1.56. The Kier molecular flexibility index (Phi) is 3.32. The third-order valence-electron chi connectivity index (χ3n) is 6.12. The highest BCUT2D eigenvalue weighted by atomic mass is 79.9. The van der Waals surface area contributed by atoms with Crippen molar-refractivity contribution < 1.29 is 9.18 Å². The fourth-order valence-corrected chi connectivity index (χ4v) is 5.27. The maximum absolute atomic E-state index is 13.6. The van der Waals surface area contributed by atoms with Crippen LogP contribution in [0.1, 0.15) is 55.7 Å².